The van der Waals surface area contributed by atoms with Crippen LogP contribution in [0.25, 0.3) is 0 Å². The van der Waals surface area contributed by atoms with E-state index < -0.39 is 5.97 Å². The number of likely N-dealkylation sites (tertiary alicyclic amines) is 1. The largest absolute Gasteiger partial charge is 0.481 e. The number of fused-ring (bicyclic) bond motifs is 2. The fraction of sp³-hybridized carbons (Fsp3) is 0.571. The summed E-state index contributed by atoms with van der Waals surface area (Å²) >= 11 is 0. The zero-order chi connectivity index (χ0) is 13.4. The number of carbonyl (C=O) groups excluding carboxylic acids is 1. The van der Waals surface area contributed by atoms with Crippen molar-refractivity contribution in [3.8, 4) is 0 Å². The fourth-order valence-corrected chi connectivity index (χ4v) is 3.48. The van der Waals surface area contributed by atoms with Crippen molar-refractivity contribution in [3.05, 3.63) is 24.2 Å². The third-order valence-electron chi connectivity index (χ3n) is 4.23. The average Bonchev–Trinajstić information content (AvgIpc) is 2.90. The Morgan fingerprint density at radius 3 is 2.42 bits per heavy atom. The third-order valence-corrected chi connectivity index (χ3v) is 4.23. The molecule has 2 heterocycles. The van der Waals surface area contributed by atoms with Crippen LogP contribution in [0.5, 0.6) is 0 Å². The quantitative estimate of drug-likeness (QED) is 0.884. The Labute approximate surface area is 111 Å². The molecule has 2 bridgehead atoms. The second-order valence-corrected chi connectivity index (χ2v) is 5.66. The molecule has 0 spiro atoms. The van der Waals surface area contributed by atoms with Gasteiger partial charge in [-0.3, -0.25) is 9.59 Å². The molecule has 2 fully saturated rings. The van der Waals surface area contributed by atoms with Gasteiger partial charge in [-0.15, -0.1) is 0 Å². The van der Waals surface area contributed by atoms with E-state index in [2.05, 4.69) is 0 Å². The van der Waals surface area contributed by atoms with E-state index in [9.17, 15) is 9.59 Å². The van der Waals surface area contributed by atoms with Crippen molar-refractivity contribution in [1.82, 2.24) is 4.90 Å². The van der Waals surface area contributed by atoms with Gasteiger partial charge in [-0.05, 0) is 43.2 Å². The molecule has 0 radical (unpaired) electrons. The second kappa shape index (κ2) is 4.72. The van der Waals surface area contributed by atoms with Gasteiger partial charge >= 0.3 is 5.97 Å². The van der Waals surface area contributed by atoms with Crippen LogP contribution in [0, 0.1) is 17.8 Å². The van der Waals surface area contributed by atoms with E-state index in [0.717, 1.165) is 6.42 Å². The zero-order valence-corrected chi connectivity index (χ0v) is 10.6. The number of aliphatic carboxylic acids is 1. The van der Waals surface area contributed by atoms with Crippen molar-refractivity contribution in [3.63, 3.8) is 0 Å². The Morgan fingerprint density at radius 1 is 1.21 bits per heavy atom. The zero-order valence-electron chi connectivity index (χ0n) is 10.6. The molecular weight excluding hydrogens is 246 g/mol. The maximum atomic E-state index is 12.2. The van der Waals surface area contributed by atoms with E-state index in [4.69, 9.17) is 9.52 Å². The molecule has 5 heteroatoms. The van der Waals surface area contributed by atoms with E-state index >= 15 is 0 Å². The van der Waals surface area contributed by atoms with Gasteiger partial charge in [0, 0.05) is 13.1 Å². The number of hydrogen-bond acceptors (Lipinski definition) is 3. The highest BCUT2D eigenvalue weighted by molar-refractivity contribution is 5.91. The standard InChI is InChI=1S/C14H17NO4/c16-13(12-2-1-3-19-12)15-7-9-4-10(8-15)6-11(5-9)14(17)18/h1-3,9-11H,4-8H2,(H,17,18). The Balaban J connectivity index is 1.70. The van der Waals surface area contributed by atoms with E-state index in [-0.39, 0.29) is 11.8 Å². The summed E-state index contributed by atoms with van der Waals surface area (Å²) in [4.78, 5) is 25.1. The molecule has 102 valence electrons. The molecular formula is C14H17NO4. The highest BCUT2D eigenvalue weighted by Gasteiger charge is 2.39. The van der Waals surface area contributed by atoms with Crippen molar-refractivity contribution in [2.75, 3.05) is 13.1 Å². The van der Waals surface area contributed by atoms with Crippen molar-refractivity contribution in [1.29, 1.82) is 0 Å². The summed E-state index contributed by atoms with van der Waals surface area (Å²) < 4.78 is 5.14. The lowest BCUT2D eigenvalue weighted by Crippen LogP contribution is -2.48. The number of furan rings is 1. The number of carbonyl (C=O) groups is 2. The molecule has 2 aliphatic rings. The van der Waals surface area contributed by atoms with Gasteiger partial charge in [0.2, 0.25) is 0 Å². The molecule has 1 aliphatic carbocycles. The minimum absolute atomic E-state index is 0.0755. The van der Waals surface area contributed by atoms with Gasteiger partial charge in [0.25, 0.3) is 5.91 Å². The Morgan fingerprint density at radius 2 is 1.89 bits per heavy atom. The van der Waals surface area contributed by atoms with Crippen LogP contribution in [0.15, 0.2) is 22.8 Å². The topological polar surface area (TPSA) is 70.8 Å². The van der Waals surface area contributed by atoms with Gasteiger partial charge in [0.1, 0.15) is 0 Å². The molecule has 1 aliphatic heterocycles. The van der Waals surface area contributed by atoms with Gasteiger partial charge in [0.15, 0.2) is 5.76 Å². The predicted octanol–water partition coefficient (Wildman–Crippen LogP) is 1.85. The summed E-state index contributed by atoms with van der Waals surface area (Å²) in [6.45, 7) is 1.31. The first kappa shape index (κ1) is 12.3. The third kappa shape index (κ3) is 2.37. The second-order valence-electron chi connectivity index (χ2n) is 5.66. The Hall–Kier alpha value is -1.78. The highest BCUT2D eigenvalue weighted by atomic mass is 16.4. The van der Waals surface area contributed by atoms with Crippen LogP contribution in [0.1, 0.15) is 29.8 Å². The summed E-state index contributed by atoms with van der Waals surface area (Å²) in [5, 5.41) is 9.12. The monoisotopic (exact) mass is 263 g/mol. The van der Waals surface area contributed by atoms with Crippen LogP contribution in [-0.2, 0) is 4.79 Å². The minimum Gasteiger partial charge on any atom is -0.481 e. The Bertz CT molecular complexity index is 468. The highest BCUT2D eigenvalue weighted by Crippen LogP contribution is 2.38. The first-order chi connectivity index (χ1) is 9.13. The maximum absolute atomic E-state index is 12.2. The number of carboxylic acids is 1. The normalized spacial score (nSPS) is 30.1. The van der Waals surface area contributed by atoms with Crippen molar-refractivity contribution < 1.29 is 19.1 Å². The molecule has 5 nitrogen and oxygen atoms in total. The summed E-state index contributed by atoms with van der Waals surface area (Å²) in [5.41, 5.74) is 0. The molecule has 1 amide bonds. The van der Waals surface area contributed by atoms with Crippen molar-refractivity contribution in [2.24, 2.45) is 17.8 Å². The first-order valence-corrected chi connectivity index (χ1v) is 6.69. The SMILES string of the molecule is O=C(O)C1CC2CC(C1)CN(C(=O)c1ccco1)C2. The van der Waals surface area contributed by atoms with Crippen LogP contribution in [0.3, 0.4) is 0 Å². The van der Waals surface area contributed by atoms with Crippen molar-refractivity contribution in [2.45, 2.75) is 19.3 Å². The van der Waals surface area contributed by atoms with Gasteiger partial charge in [-0.1, -0.05) is 0 Å². The number of hydrogen-bond donors (Lipinski definition) is 1. The average molecular weight is 263 g/mol. The summed E-state index contributed by atoms with van der Waals surface area (Å²) in [5.74, 6) is -0.00613. The van der Waals surface area contributed by atoms with Gasteiger partial charge in [-0.25, -0.2) is 0 Å². The molecule has 3 rings (SSSR count). The molecule has 1 N–H and O–H groups in total. The van der Waals surface area contributed by atoms with Crippen molar-refractivity contribution >= 4 is 11.9 Å². The number of carboxylic acid groups (broad SMARTS) is 1. The lowest BCUT2D eigenvalue weighted by Gasteiger charge is -2.43. The fourth-order valence-electron chi connectivity index (χ4n) is 3.48. The molecule has 1 aromatic heterocycles. The maximum Gasteiger partial charge on any atom is 0.306 e. The summed E-state index contributed by atoms with van der Waals surface area (Å²) in [6.07, 6.45) is 3.92. The predicted molar refractivity (Wildman–Crippen MR) is 66.6 cm³/mol. The van der Waals surface area contributed by atoms with Crippen LogP contribution in [0.2, 0.25) is 0 Å². The number of amides is 1. The lowest BCUT2D eigenvalue weighted by molar-refractivity contribution is -0.144. The Kier molecular flexibility index (Phi) is 3.05. The van der Waals surface area contributed by atoms with E-state index in [1.807, 2.05) is 4.90 Å². The van der Waals surface area contributed by atoms with Crippen LogP contribution >= 0.6 is 0 Å². The smallest absolute Gasteiger partial charge is 0.306 e. The minimum atomic E-state index is -0.694. The number of nitrogens with zero attached hydrogens (tertiary/aromatic N) is 1. The molecule has 0 aromatic carbocycles. The summed E-state index contributed by atoms with van der Waals surface area (Å²) in [6, 6.07) is 3.38. The van der Waals surface area contributed by atoms with Gasteiger partial charge in [0.05, 0.1) is 12.2 Å². The van der Waals surface area contributed by atoms with Crippen LogP contribution < -0.4 is 0 Å². The van der Waals surface area contributed by atoms with Gasteiger partial charge in [-0.2, -0.15) is 0 Å². The van der Waals surface area contributed by atoms with E-state index in [1.54, 1.807) is 12.1 Å². The number of piperidine rings is 1. The van der Waals surface area contributed by atoms with E-state index in [0.29, 0.717) is 43.5 Å². The molecule has 2 unspecified atom stereocenters. The molecule has 2 atom stereocenters. The van der Waals surface area contributed by atoms with E-state index in [1.165, 1.54) is 6.26 Å². The lowest BCUT2D eigenvalue weighted by atomic mass is 9.72. The molecule has 19 heavy (non-hydrogen) atoms. The molecule has 1 aromatic rings. The number of rotatable bonds is 2. The van der Waals surface area contributed by atoms with Gasteiger partial charge < -0.3 is 14.4 Å². The van der Waals surface area contributed by atoms with Crippen LogP contribution in [0.4, 0.5) is 0 Å². The molecule has 1 saturated heterocycles. The van der Waals surface area contributed by atoms with Crippen LogP contribution in [-0.4, -0.2) is 35.0 Å². The molecule has 1 saturated carbocycles. The first-order valence-electron chi connectivity index (χ1n) is 6.69. The summed E-state index contributed by atoms with van der Waals surface area (Å²) in [7, 11) is 0.